The molecule has 2 aromatic rings. The fourth-order valence-electron chi connectivity index (χ4n) is 2.65. The normalized spacial score (nSPS) is 14.7. The summed E-state index contributed by atoms with van der Waals surface area (Å²) in [7, 11) is 0. The summed E-state index contributed by atoms with van der Waals surface area (Å²) in [4.78, 5) is 35.1. The Kier molecular flexibility index (Phi) is 4.61. The molecule has 1 aliphatic rings. The molecule has 0 saturated heterocycles. The van der Waals surface area contributed by atoms with Gasteiger partial charge in [0, 0.05) is 36.5 Å². The number of hydrogen-bond donors (Lipinski definition) is 3. The SMILES string of the molecule is CC(=O)Nc1cccc(CN/C=C2\C(=O)NC(=O)c3ccccc32)c1. The van der Waals surface area contributed by atoms with E-state index < -0.39 is 5.91 Å². The molecule has 0 bridgehead atoms. The van der Waals surface area contributed by atoms with Crippen molar-refractivity contribution in [3.05, 3.63) is 71.4 Å². The highest BCUT2D eigenvalue weighted by Crippen LogP contribution is 2.23. The van der Waals surface area contributed by atoms with Gasteiger partial charge in [0.05, 0.1) is 5.57 Å². The number of carbonyl (C=O) groups excluding carboxylic acids is 3. The Morgan fingerprint density at radius 1 is 1.04 bits per heavy atom. The summed E-state index contributed by atoms with van der Waals surface area (Å²) in [6.07, 6.45) is 1.60. The van der Waals surface area contributed by atoms with E-state index in [9.17, 15) is 14.4 Å². The van der Waals surface area contributed by atoms with E-state index >= 15 is 0 Å². The van der Waals surface area contributed by atoms with Crippen LogP contribution in [-0.4, -0.2) is 17.7 Å². The van der Waals surface area contributed by atoms with Crippen molar-refractivity contribution in [2.24, 2.45) is 0 Å². The summed E-state index contributed by atoms with van der Waals surface area (Å²) in [6.45, 7) is 1.93. The molecule has 126 valence electrons. The molecule has 0 atom stereocenters. The lowest BCUT2D eigenvalue weighted by molar-refractivity contribution is -0.115. The molecule has 3 amide bonds. The molecule has 0 spiro atoms. The molecule has 0 aliphatic carbocycles. The molecule has 2 aromatic carbocycles. The lowest BCUT2D eigenvalue weighted by Crippen LogP contribution is -2.36. The summed E-state index contributed by atoms with van der Waals surface area (Å²) in [6, 6.07) is 14.4. The first-order valence-corrected chi connectivity index (χ1v) is 7.80. The van der Waals surface area contributed by atoms with Crippen LogP contribution >= 0.6 is 0 Å². The quantitative estimate of drug-likeness (QED) is 0.589. The van der Waals surface area contributed by atoms with Crippen LogP contribution in [0.5, 0.6) is 0 Å². The van der Waals surface area contributed by atoms with Crippen LogP contribution in [0.3, 0.4) is 0 Å². The van der Waals surface area contributed by atoms with E-state index in [-0.39, 0.29) is 11.8 Å². The Labute approximate surface area is 144 Å². The first-order valence-electron chi connectivity index (χ1n) is 7.80. The molecular weight excluding hydrogens is 318 g/mol. The van der Waals surface area contributed by atoms with Gasteiger partial charge in [0.1, 0.15) is 0 Å². The molecule has 0 unspecified atom stereocenters. The van der Waals surface area contributed by atoms with Crippen molar-refractivity contribution in [3.8, 4) is 0 Å². The monoisotopic (exact) mass is 335 g/mol. The van der Waals surface area contributed by atoms with Gasteiger partial charge in [-0.15, -0.1) is 0 Å². The number of hydrogen-bond acceptors (Lipinski definition) is 4. The molecule has 6 heteroatoms. The van der Waals surface area contributed by atoms with E-state index in [1.54, 1.807) is 36.5 Å². The van der Waals surface area contributed by atoms with Gasteiger partial charge in [-0.25, -0.2) is 0 Å². The van der Waals surface area contributed by atoms with E-state index in [0.29, 0.717) is 28.9 Å². The van der Waals surface area contributed by atoms with E-state index in [4.69, 9.17) is 0 Å². The minimum atomic E-state index is -0.428. The molecule has 1 heterocycles. The van der Waals surface area contributed by atoms with Crippen LogP contribution in [0.4, 0.5) is 5.69 Å². The first kappa shape index (κ1) is 16.4. The minimum Gasteiger partial charge on any atom is -0.386 e. The third kappa shape index (κ3) is 3.74. The van der Waals surface area contributed by atoms with E-state index in [2.05, 4.69) is 16.0 Å². The van der Waals surface area contributed by atoms with Crippen molar-refractivity contribution in [2.45, 2.75) is 13.5 Å². The van der Waals surface area contributed by atoms with Gasteiger partial charge < -0.3 is 10.6 Å². The Balaban J connectivity index is 1.76. The van der Waals surface area contributed by atoms with Gasteiger partial charge >= 0.3 is 0 Å². The number of imide groups is 1. The average Bonchev–Trinajstić information content (AvgIpc) is 2.57. The molecule has 0 radical (unpaired) electrons. The Morgan fingerprint density at radius 3 is 2.56 bits per heavy atom. The highest BCUT2D eigenvalue weighted by atomic mass is 16.2. The second-order valence-corrected chi connectivity index (χ2v) is 5.65. The molecule has 6 nitrogen and oxygen atoms in total. The highest BCUT2D eigenvalue weighted by molar-refractivity contribution is 6.30. The Bertz CT molecular complexity index is 887. The molecule has 0 fully saturated rings. The zero-order valence-corrected chi connectivity index (χ0v) is 13.6. The maximum atomic E-state index is 12.1. The lowest BCUT2D eigenvalue weighted by Gasteiger charge is -2.18. The topological polar surface area (TPSA) is 87.3 Å². The predicted octanol–water partition coefficient (Wildman–Crippen LogP) is 2.05. The predicted molar refractivity (Wildman–Crippen MR) is 94.5 cm³/mol. The van der Waals surface area contributed by atoms with Gasteiger partial charge in [-0.05, 0) is 23.8 Å². The molecule has 3 rings (SSSR count). The van der Waals surface area contributed by atoms with Crippen molar-refractivity contribution in [1.29, 1.82) is 0 Å². The molecule has 0 aromatic heterocycles. The van der Waals surface area contributed by atoms with Gasteiger partial charge in [-0.1, -0.05) is 30.3 Å². The largest absolute Gasteiger partial charge is 0.386 e. The Morgan fingerprint density at radius 2 is 1.80 bits per heavy atom. The fraction of sp³-hybridized carbons (Fsp3) is 0.105. The van der Waals surface area contributed by atoms with Crippen LogP contribution in [0, 0.1) is 0 Å². The summed E-state index contributed by atoms with van der Waals surface area (Å²) in [5, 5.41) is 8.15. The summed E-state index contributed by atoms with van der Waals surface area (Å²) in [5.41, 5.74) is 3.15. The van der Waals surface area contributed by atoms with E-state index in [1.165, 1.54) is 6.92 Å². The number of carbonyl (C=O) groups is 3. The van der Waals surface area contributed by atoms with E-state index in [1.807, 2.05) is 18.2 Å². The van der Waals surface area contributed by atoms with Crippen LogP contribution < -0.4 is 16.0 Å². The third-order valence-corrected chi connectivity index (χ3v) is 3.73. The standard InChI is InChI=1S/C19H17N3O3/c1-12(23)21-14-6-4-5-13(9-14)10-20-11-17-15-7-2-3-8-16(15)18(24)22-19(17)25/h2-9,11,20H,10H2,1H3,(H,21,23)(H,22,24,25)/b17-11-. The number of fused-ring (bicyclic) bond motifs is 1. The smallest absolute Gasteiger partial charge is 0.260 e. The van der Waals surface area contributed by atoms with Crippen LogP contribution in [0.15, 0.2) is 54.7 Å². The molecule has 25 heavy (non-hydrogen) atoms. The van der Waals surface area contributed by atoms with Crippen molar-refractivity contribution in [3.63, 3.8) is 0 Å². The number of anilines is 1. The van der Waals surface area contributed by atoms with Crippen molar-refractivity contribution in [2.75, 3.05) is 5.32 Å². The van der Waals surface area contributed by atoms with Gasteiger partial charge in [0.2, 0.25) is 5.91 Å². The number of benzene rings is 2. The number of amides is 3. The lowest BCUT2D eigenvalue weighted by atomic mass is 9.96. The molecule has 1 aliphatic heterocycles. The van der Waals surface area contributed by atoms with Crippen molar-refractivity contribution in [1.82, 2.24) is 10.6 Å². The molecule has 0 saturated carbocycles. The van der Waals surface area contributed by atoms with Crippen LogP contribution in [0.25, 0.3) is 5.57 Å². The van der Waals surface area contributed by atoms with E-state index in [0.717, 1.165) is 5.56 Å². The van der Waals surface area contributed by atoms with Gasteiger partial charge in [0.15, 0.2) is 0 Å². The second kappa shape index (κ2) is 7.00. The summed E-state index contributed by atoms with van der Waals surface area (Å²) in [5.74, 6) is -0.948. The Hall–Kier alpha value is -3.41. The average molecular weight is 335 g/mol. The third-order valence-electron chi connectivity index (χ3n) is 3.73. The van der Waals surface area contributed by atoms with Crippen LogP contribution in [0.1, 0.15) is 28.4 Å². The van der Waals surface area contributed by atoms with Crippen molar-refractivity contribution < 1.29 is 14.4 Å². The molecule has 3 N–H and O–H groups in total. The van der Waals surface area contributed by atoms with Gasteiger partial charge in [0.25, 0.3) is 11.8 Å². The molecular formula is C19H17N3O3. The van der Waals surface area contributed by atoms with Gasteiger partial charge in [-0.3, -0.25) is 19.7 Å². The maximum absolute atomic E-state index is 12.1. The van der Waals surface area contributed by atoms with Crippen LogP contribution in [0.2, 0.25) is 0 Å². The van der Waals surface area contributed by atoms with Gasteiger partial charge in [-0.2, -0.15) is 0 Å². The number of nitrogens with one attached hydrogen (secondary N) is 3. The zero-order chi connectivity index (χ0) is 17.8. The number of rotatable bonds is 4. The highest BCUT2D eigenvalue weighted by Gasteiger charge is 2.26. The fourth-order valence-corrected chi connectivity index (χ4v) is 2.65. The minimum absolute atomic E-state index is 0.132. The summed E-state index contributed by atoms with van der Waals surface area (Å²) < 4.78 is 0. The van der Waals surface area contributed by atoms with Crippen LogP contribution in [-0.2, 0) is 16.1 Å². The summed E-state index contributed by atoms with van der Waals surface area (Å²) >= 11 is 0. The maximum Gasteiger partial charge on any atom is 0.260 e. The second-order valence-electron chi connectivity index (χ2n) is 5.65. The zero-order valence-electron chi connectivity index (χ0n) is 13.6. The van der Waals surface area contributed by atoms with Crippen molar-refractivity contribution >= 4 is 29.0 Å². The first-order chi connectivity index (χ1) is 12.0.